The summed E-state index contributed by atoms with van der Waals surface area (Å²) in [4.78, 5) is 12.0. The molecule has 0 spiro atoms. The fraction of sp³-hybridized carbons (Fsp3) is 0.231. The van der Waals surface area contributed by atoms with Gasteiger partial charge in [-0.05, 0) is 25.4 Å². The van der Waals surface area contributed by atoms with Crippen LogP contribution in [-0.2, 0) is 0 Å². The first-order valence-corrected chi connectivity index (χ1v) is 8.34. The molecule has 0 fully saturated rings. The Morgan fingerprint density at radius 2 is 1.73 bits per heavy atom. The van der Waals surface area contributed by atoms with Crippen molar-refractivity contribution in [2.24, 2.45) is 0 Å². The van der Waals surface area contributed by atoms with Crippen LogP contribution in [0, 0.1) is 30.2 Å². The molecule has 0 atom stereocenters. The number of aryl methyl sites for hydroxylation is 1. The number of thioether (sulfide) groups is 1. The highest BCUT2D eigenvalue weighted by atomic mass is 32.2. The van der Waals surface area contributed by atoms with Gasteiger partial charge in [0.05, 0.1) is 7.11 Å². The van der Waals surface area contributed by atoms with E-state index in [9.17, 15) is 22.4 Å². The van der Waals surface area contributed by atoms with Gasteiger partial charge in [-0.25, -0.2) is 13.5 Å². The van der Waals surface area contributed by atoms with Crippen molar-refractivity contribution in [3.63, 3.8) is 0 Å². The maximum atomic E-state index is 13.9. The molecule has 0 saturated carbocycles. The number of benzene rings is 1. The Morgan fingerprint density at radius 3 is 2.23 bits per heavy atom. The zero-order chi connectivity index (χ0) is 19.6. The second-order valence-corrected chi connectivity index (χ2v) is 5.81. The van der Waals surface area contributed by atoms with Gasteiger partial charge in [0.25, 0.3) is 5.91 Å². The maximum Gasteiger partial charge on any atom is 0.263 e. The van der Waals surface area contributed by atoms with Gasteiger partial charge in [-0.15, -0.1) is 10.2 Å². The number of amides is 1. The third-order valence-electron chi connectivity index (χ3n) is 3.07. The number of methoxy groups -OCH3 is 1. The maximum absolute atomic E-state index is 13.9. The van der Waals surface area contributed by atoms with E-state index < -0.39 is 45.6 Å². The number of thiocarbonyl (C=S) groups is 1. The predicted octanol–water partition coefficient (Wildman–Crippen LogP) is 2.13. The number of ether oxygens (including phenoxy) is 1. The molecular weight excluding hydrogens is 398 g/mol. The second-order valence-electron chi connectivity index (χ2n) is 4.63. The average Bonchev–Trinajstić information content (AvgIpc) is 2.93. The van der Waals surface area contributed by atoms with Crippen molar-refractivity contribution in [3.8, 4) is 5.75 Å². The van der Waals surface area contributed by atoms with Crippen LogP contribution in [0.4, 0.5) is 17.6 Å². The smallest absolute Gasteiger partial charge is 0.263 e. The van der Waals surface area contributed by atoms with E-state index in [2.05, 4.69) is 20.4 Å². The molecule has 7 nitrogen and oxygen atoms in total. The quantitative estimate of drug-likeness (QED) is 0.347. The number of nitrogens with one attached hydrogen (secondary N) is 2. The van der Waals surface area contributed by atoms with Gasteiger partial charge in [0.15, 0.2) is 22.5 Å². The molecule has 1 aromatic carbocycles. The van der Waals surface area contributed by atoms with E-state index in [4.69, 9.17) is 12.2 Å². The summed E-state index contributed by atoms with van der Waals surface area (Å²) in [6, 6.07) is 0. The van der Waals surface area contributed by atoms with E-state index in [1.807, 2.05) is 5.32 Å². The molecule has 0 aliphatic rings. The van der Waals surface area contributed by atoms with Gasteiger partial charge in [-0.3, -0.25) is 15.5 Å². The Labute approximate surface area is 154 Å². The summed E-state index contributed by atoms with van der Waals surface area (Å²) in [6.45, 7) is 1.58. The normalized spacial score (nSPS) is 10.6. The van der Waals surface area contributed by atoms with Gasteiger partial charge in [0, 0.05) is 0 Å². The van der Waals surface area contributed by atoms with Crippen LogP contribution in [-0.4, -0.2) is 39.3 Å². The van der Waals surface area contributed by atoms with Crippen LogP contribution in [0.5, 0.6) is 5.75 Å². The van der Waals surface area contributed by atoms with Crippen molar-refractivity contribution in [2.75, 3.05) is 18.8 Å². The molecule has 1 heterocycles. The number of aromatic nitrogens is 3. The lowest BCUT2D eigenvalue weighted by Gasteiger charge is -2.14. The SMILES string of the molecule is COc1c(F)c(F)c(C(=O)NC(=S)Nn2c(C)nnc2SC)c(F)c1F. The lowest BCUT2D eigenvalue weighted by atomic mass is 10.1. The molecule has 0 aliphatic carbocycles. The minimum atomic E-state index is -1.91. The summed E-state index contributed by atoms with van der Waals surface area (Å²) in [5, 5.41) is 9.49. The fourth-order valence-corrected chi connectivity index (χ4v) is 2.56. The summed E-state index contributed by atoms with van der Waals surface area (Å²) in [7, 11) is 0.823. The number of halogens is 4. The van der Waals surface area contributed by atoms with Crippen molar-refractivity contribution >= 4 is 35.0 Å². The van der Waals surface area contributed by atoms with Gasteiger partial charge in [0.2, 0.25) is 16.8 Å². The Morgan fingerprint density at radius 1 is 1.15 bits per heavy atom. The number of hydrogen-bond acceptors (Lipinski definition) is 6. The number of carbonyl (C=O) groups excluding carboxylic acids is 1. The van der Waals surface area contributed by atoms with Crippen molar-refractivity contribution in [2.45, 2.75) is 12.1 Å². The summed E-state index contributed by atoms with van der Waals surface area (Å²) in [6.07, 6.45) is 1.71. The Balaban J connectivity index is 2.28. The molecule has 2 N–H and O–H groups in total. The summed E-state index contributed by atoms with van der Waals surface area (Å²) in [5.74, 6) is -9.89. The first-order chi connectivity index (χ1) is 12.2. The van der Waals surface area contributed by atoms with Crippen LogP contribution in [0.25, 0.3) is 0 Å². The topological polar surface area (TPSA) is 81.1 Å². The third kappa shape index (κ3) is 3.58. The molecule has 1 amide bonds. The molecule has 0 unspecified atom stereocenters. The van der Waals surface area contributed by atoms with Crippen LogP contribution >= 0.6 is 24.0 Å². The van der Waals surface area contributed by atoms with E-state index in [1.165, 1.54) is 16.4 Å². The van der Waals surface area contributed by atoms with Crippen molar-refractivity contribution in [1.82, 2.24) is 20.2 Å². The van der Waals surface area contributed by atoms with Gasteiger partial charge < -0.3 is 4.74 Å². The predicted molar refractivity (Wildman–Crippen MR) is 88.8 cm³/mol. The molecule has 140 valence electrons. The van der Waals surface area contributed by atoms with E-state index >= 15 is 0 Å². The zero-order valence-electron chi connectivity index (χ0n) is 13.5. The highest BCUT2D eigenvalue weighted by molar-refractivity contribution is 7.98. The second kappa shape index (κ2) is 7.86. The lowest BCUT2D eigenvalue weighted by molar-refractivity contribution is 0.0966. The van der Waals surface area contributed by atoms with Gasteiger partial charge in [-0.1, -0.05) is 11.8 Å². The van der Waals surface area contributed by atoms with Crippen LogP contribution in [0.3, 0.4) is 0 Å². The van der Waals surface area contributed by atoms with Crippen LogP contribution in [0.2, 0.25) is 0 Å². The number of rotatable bonds is 4. The molecule has 26 heavy (non-hydrogen) atoms. The number of hydrogen-bond donors (Lipinski definition) is 2. The minimum absolute atomic E-state index is 0.379. The third-order valence-corrected chi connectivity index (χ3v) is 3.90. The van der Waals surface area contributed by atoms with Crippen LogP contribution in [0.15, 0.2) is 5.16 Å². The Hall–Kier alpha value is -2.41. The van der Waals surface area contributed by atoms with E-state index in [0.29, 0.717) is 11.0 Å². The van der Waals surface area contributed by atoms with Crippen LogP contribution in [0.1, 0.15) is 16.2 Å². The van der Waals surface area contributed by atoms with Gasteiger partial charge >= 0.3 is 0 Å². The molecule has 0 bridgehead atoms. The molecular formula is C13H11F4N5O2S2. The highest BCUT2D eigenvalue weighted by Crippen LogP contribution is 2.29. The monoisotopic (exact) mass is 409 g/mol. The average molecular weight is 409 g/mol. The molecule has 1 aromatic heterocycles. The zero-order valence-corrected chi connectivity index (χ0v) is 15.1. The van der Waals surface area contributed by atoms with Crippen molar-refractivity contribution in [3.05, 3.63) is 34.7 Å². The van der Waals surface area contributed by atoms with Crippen molar-refractivity contribution < 1.29 is 27.1 Å². The lowest BCUT2D eigenvalue weighted by Crippen LogP contribution is -2.39. The highest BCUT2D eigenvalue weighted by Gasteiger charge is 2.30. The Bertz CT molecular complexity index is 861. The van der Waals surface area contributed by atoms with Gasteiger partial charge in [0.1, 0.15) is 11.4 Å². The summed E-state index contributed by atoms with van der Waals surface area (Å²) >= 11 is 6.07. The van der Waals surface area contributed by atoms with Crippen LogP contribution < -0.4 is 15.5 Å². The molecule has 0 aliphatic heterocycles. The first-order valence-electron chi connectivity index (χ1n) is 6.71. The largest absolute Gasteiger partial charge is 0.491 e. The molecule has 13 heteroatoms. The molecule has 2 rings (SSSR count). The molecule has 2 aromatic rings. The van der Waals surface area contributed by atoms with E-state index in [0.717, 1.165) is 7.11 Å². The molecule has 0 saturated heterocycles. The van der Waals surface area contributed by atoms with E-state index in [1.54, 1.807) is 13.2 Å². The Kier molecular flexibility index (Phi) is 6.02. The summed E-state index contributed by atoms with van der Waals surface area (Å²) < 4.78 is 60.8. The van der Waals surface area contributed by atoms with E-state index in [-0.39, 0.29) is 0 Å². The molecule has 0 radical (unpaired) electrons. The minimum Gasteiger partial charge on any atom is -0.491 e. The number of carbonyl (C=O) groups is 1. The van der Waals surface area contributed by atoms with Gasteiger partial charge in [-0.2, -0.15) is 8.78 Å². The standard InChI is InChI=1S/C13H11F4N5O2S2/c1-4-19-20-13(26-3)22(4)21-12(25)18-11(23)5-6(14)8(16)10(24-2)9(17)7(5)15/h1-3H3,(H2,18,21,23,25). The summed E-state index contributed by atoms with van der Waals surface area (Å²) in [5.41, 5.74) is 1.04. The van der Waals surface area contributed by atoms with Crippen molar-refractivity contribution in [1.29, 1.82) is 0 Å². The first kappa shape index (κ1) is 19.9. The fourth-order valence-electron chi connectivity index (χ4n) is 1.89. The number of nitrogens with zero attached hydrogens (tertiary/aromatic N) is 3.